The fraction of sp³-hybridized carbons (Fsp3) is 0.625. The second-order valence-corrected chi connectivity index (χ2v) is 5.52. The number of aryl methyl sites for hydroxylation is 1. The van der Waals surface area contributed by atoms with Gasteiger partial charge in [0.1, 0.15) is 6.54 Å². The molecule has 0 atom stereocenters. The van der Waals surface area contributed by atoms with E-state index in [1.54, 1.807) is 0 Å². The van der Waals surface area contributed by atoms with E-state index >= 15 is 0 Å². The number of aliphatic hydroxyl groups excluding tert-OH is 1. The predicted molar refractivity (Wildman–Crippen MR) is 80.6 cm³/mol. The maximum atomic E-state index is 12.1. The van der Waals surface area contributed by atoms with Gasteiger partial charge in [0.2, 0.25) is 5.91 Å². The lowest BCUT2D eigenvalue weighted by molar-refractivity contribution is -0.697. The summed E-state index contributed by atoms with van der Waals surface area (Å²) >= 11 is 0. The van der Waals surface area contributed by atoms with Crippen molar-refractivity contribution in [1.29, 1.82) is 0 Å². The molecule has 2 rings (SSSR count). The van der Waals surface area contributed by atoms with Crippen LogP contribution in [-0.2, 0) is 11.3 Å². The van der Waals surface area contributed by atoms with Crippen LogP contribution in [0.5, 0.6) is 0 Å². The molecule has 1 fully saturated rings. The van der Waals surface area contributed by atoms with Crippen LogP contribution >= 0.6 is 0 Å². The van der Waals surface area contributed by atoms with Gasteiger partial charge in [-0.25, -0.2) is 4.57 Å². The Morgan fingerprint density at radius 3 is 2.43 bits per heavy atom. The highest BCUT2D eigenvalue weighted by Gasteiger charge is 2.20. The third kappa shape index (κ3) is 5.44. The largest absolute Gasteiger partial charge is 0.395 e. The highest BCUT2D eigenvalue weighted by atomic mass is 16.3. The summed E-state index contributed by atoms with van der Waals surface area (Å²) in [6.07, 6.45) is 6.74. The van der Waals surface area contributed by atoms with Crippen molar-refractivity contribution in [1.82, 2.24) is 9.80 Å². The summed E-state index contributed by atoms with van der Waals surface area (Å²) in [6, 6.07) is 6.06. The number of unbranched alkanes of at least 4 members (excludes halogenated alkanes) is 1. The molecule has 21 heavy (non-hydrogen) atoms. The second-order valence-electron chi connectivity index (χ2n) is 5.52. The Hall–Kier alpha value is -1.46. The Morgan fingerprint density at radius 2 is 1.76 bits per heavy atom. The lowest BCUT2D eigenvalue weighted by Gasteiger charge is -2.34. The van der Waals surface area contributed by atoms with E-state index in [0.717, 1.165) is 52.1 Å². The molecule has 116 valence electrons. The van der Waals surface area contributed by atoms with Gasteiger partial charge in [0.25, 0.3) is 0 Å². The minimum atomic E-state index is 0.200. The minimum absolute atomic E-state index is 0.200. The molecule has 0 spiro atoms. The third-order valence-electron chi connectivity index (χ3n) is 3.98. The number of piperazine rings is 1. The number of nitrogens with zero attached hydrogens (tertiary/aromatic N) is 3. The molecule has 1 N–H and O–H groups in total. The van der Waals surface area contributed by atoms with Crippen molar-refractivity contribution in [2.45, 2.75) is 25.8 Å². The molecule has 0 bridgehead atoms. The summed E-state index contributed by atoms with van der Waals surface area (Å²) in [5, 5.41) is 8.91. The number of carbonyl (C=O) groups excluding carboxylic acids is 1. The number of hydrogen-bond donors (Lipinski definition) is 1. The van der Waals surface area contributed by atoms with Crippen molar-refractivity contribution in [2.24, 2.45) is 0 Å². The maximum absolute atomic E-state index is 12.1. The first-order valence-electron chi connectivity index (χ1n) is 7.84. The molecule has 2 heterocycles. The number of carbonyl (C=O) groups is 1. The van der Waals surface area contributed by atoms with Crippen molar-refractivity contribution < 1.29 is 14.5 Å². The van der Waals surface area contributed by atoms with E-state index in [-0.39, 0.29) is 12.5 Å². The molecule has 0 saturated carbocycles. The number of β-amino-alcohol motifs (C(OH)–C–C–N with tert-alkyl or cyclic N) is 1. The molecule has 1 amide bonds. The lowest BCUT2D eigenvalue weighted by atomic mass is 10.2. The van der Waals surface area contributed by atoms with Crippen molar-refractivity contribution in [3.05, 3.63) is 30.6 Å². The summed E-state index contributed by atoms with van der Waals surface area (Å²) in [7, 11) is 0. The van der Waals surface area contributed by atoms with E-state index in [0.29, 0.717) is 6.42 Å². The quantitative estimate of drug-likeness (QED) is 0.580. The average molecular weight is 292 g/mol. The molecule has 1 aromatic heterocycles. The molecule has 5 nitrogen and oxygen atoms in total. The van der Waals surface area contributed by atoms with E-state index in [9.17, 15) is 4.79 Å². The number of hydrogen-bond acceptors (Lipinski definition) is 3. The third-order valence-corrected chi connectivity index (χ3v) is 3.98. The van der Waals surface area contributed by atoms with Crippen LogP contribution in [0.25, 0.3) is 0 Å². The molecule has 1 aliphatic heterocycles. The Balaban J connectivity index is 1.60. The number of aliphatic hydroxyl groups is 1. The summed E-state index contributed by atoms with van der Waals surface area (Å²) in [5.41, 5.74) is 0. The van der Waals surface area contributed by atoms with Crippen molar-refractivity contribution in [3.8, 4) is 0 Å². The Bertz CT molecular complexity index is 417. The van der Waals surface area contributed by atoms with Crippen molar-refractivity contribution >= 4 is 5.91 Å². The molecular formula is C16H26N3O2+. The van der Waals surface area contributed by atoms with Crippen LogP contribution in [0.2, 0.25) is 0 Å². The molecule has 1 saturated heterocycles. The van der Waals surface area contributed by atoms with Crippen LogP contribution in [0.4, 0.5) is 0 Å². The summed E-state index contributed by atoms with van der Waals surface area (Å²) in [4.78, 5) is 16.3. The van der Waals surface area contributed by atoms with Gasteiger partial charge in [-0.3, -0.25) is 9.69 Å². The molecule has 0 unspecified atom stereocenters. The first-order valence-corrected chi connectivity index (χ1v) is 7.84. The van der Waals surface area contributed by atoms with Crippen LogP contribution in [-0.4, -0.2) is 60.1 Å². The first-order chi connectivity index (χ1) is 10.3. The summed E-state index contributed by atoms with van der Waals surface area (Å²) in [6.45, 7) is 5.25. The lowest BCUT2D eigenvalue weighted by Crippen LogP contribution is -2.49. The van der Waals surface area contributed by atoms with Crippen LogP contribution in [0, 0.1) is 0 Å². The van der Waals surface area contributed by atoms with E-state index < -0.39 is 0 Å². The fourth-order valence-corrected chi connectivity index (χ4v) is 2.67. The average Bonchev–Trinajstić information content (AvgIpc) is 2.53. The zero-order valence-electron chi connectivity index (χ0n) is 12.7. The highest BCUT2D eigenvalue weighted by molar-refractivity contribution is 5.76. The van der Waals surface area contributed by atoms with Crippen molar-refractivity contribution in [2.75, 3.05) is 39.3 Å². The number of pyridine rings is 1. The molecule has 0 radical (unpaired) electrons. The minimum Gasteiger partial charge on any atom is -0.395 e. The van der Waals surface area contributed by atoms with Gasteiger partial charge in [-0.2, -0.15) is 0 Å². The smallest absolute Gasteiger partial charge is 0.222 e. The Morgan fingerprint density at radius 1 is 1.05 bits per heavy atom. The molecule has 0 aromatic carbocycles. The van der Waals surface area contributed by atoms with Gasteiger partial charge in [0.05, 0.1) is 6.61 Å². The van der Waals surface area contributed by atoms with E-state index in [4.69, 9.17) is 5.11 Å². The topological polar surface area (TPSA) is 47.7 Å². The van der Waals surface area contributed by atoms with Gasteiger partial charge in [0.15, 0.2) is 12.4 Å². The van der Waals surface area contributed by atoms with E-state index in [1.807, 2.05) is 23.1 Å². The zero-order valence-corrected chi connectivity index (χ0v) is 12.7. The SMILES string of the molecule is O=C(CCCC[n+]1ccccc1)N1CCN(CCO)CC1. The first kappa shape index (κ1) is 15.9. The Labute approximate surface area is 126 Å². The second kappa shape index (κ2) is 8.74. The Kier molecular flexibility index (Phi) is 6.63. The number of amides is 1. The van der Waals surface area contributed by atoms with Crippen LogP contribution in [0.15, 0.2) is 30.6 Å². The monoisotopic (exact) mass is 292 g/mol. The van der Waals surface area contributed by atoms with Gasteiger partial charge in [-0.05, 0) is 6.42 Å². The van der Waals surface area contributed by atoms with Gasteiger partial charge in [-0.1, -0.05) is 6.07 Å². The molecule has 1 aliphatic rings. The summed E-state index contributed by atoms with van der Waals surface area (Å²) < 4.78 is 2.15. The van der Waals surface area contributed by atoms with Gasteiger partial charge < -0.3 is 10.0 Å². The normalized spacial score (nSPS) is 16.1. The van der Waals surface area contributed by atoms with Gasteiger partial charge in [0, 0.05) is 57.7 Å². The predicted octanol–water partition coefficient (Wildman–Crippen LogP) is 0.281. The standard InChI is InChI=1S/C16H26N3O2/c20-15-14-18-10-12-19(13-11-18)16(21)6-2-5-9-17-7-3-1-4-8-17/h1,3-4,7-8,20H,2,5-6,9-15H2/q+1. The van der Waals surface area contributed by atoms with E-state index in [2.05, 4.69) is 21.9 Å². The molecule has 0 aliphatic carbocycles. The van der Waals surface area contributed by atoms with Gasteiger partial charge >= 0.3 is 0 Å². The highest BCUT2D eigenvalue weighted by Crippen LogP contribution is 2.06. The molecular weight excluding hydrogens is 266 g/mol. The molecule has 5 heteroatoms. The van der Waals surface area contributed by atoms with Crippen LogP contribution < -0.4 is 4.57 Å². The maximum Gasteiger partial charge on any atom is 0.222 e. The number of rotatable bonds is 7. The van der Waals surface area contributed by atoms with E-state index in [1.165, 1.54) is 0 Å². The fourth-order valence-electron chi connectivity index (χ4n) is 2.67. The summed E-state index contributed by atoms with van der Waals surface area (Å²) in [5.74, 6) is 0.275. The van der Waals surface area contributed by atoms with Crippen LogP contribution in [0.1, 0.15) is 19.3 Å². The molecule has 1 aromatic rings. The zero-order chi connectivity index (χ0) is 14.9. The van der Waals surface area contributed by atoms with Gasteiger partial charge in [-0.15, -0.1) is 0 Å². The van der Waals surface area contributed by atoms with Crippen LogP contribution in [0.3, 0.4) is 0 Å². The van der Waals surface area contributed by atoms with Crippen molar-refractivity contribution in [3.63, 3.8) is 0 Å². The number of aromatic nitrogens is 1.